The molecule has 2 amide bonds. The minimum atomic E-state index is -0.161. The first-order valence-electron chi connectivity index (χ1n) is 9.69. The number of carbonyl (C=O) groups is 2. The predicted molar refractivity (Wildman–Crippen MR) is 114 cm³/mol. The minimum Gasteiger partial charge on any atom is -0.490 e. The topological polar surface area (TPSA) is 46.6 Å². The number of benzene rings is 1. The Kier molecular flexibility index (Phi) is 7.04. The fourth-order valence-corrected chi connectivity index (χ4v) is 4.78. The van der Waals surface area contributed by atoms with E-state index in [-0.39, 0.29) is 17.3 Å². The highest BCUT2D eigenvalue weighted by atomic mass is 79.9. The number of hydrogen-bond donors (Lipinski definition) is 0. The highest BCUT2D eigenvalue weighted by Crippen LogP contribution is 2.36. The molecule has 0 bridgehead atoms. The van der Waals surface area contributed by atoms with E-state index in [1.54, 1.807) is 6.08 Å². The monoisotopic (exact) mass is 451 g/mol. The molecular weight excluding hydrogens is 426 g/mol. The largest absolute Gasteiger partial charge is 0.490 e. The van der Waals surface area contributed by atoms with E-state index in [0.29, 0.717) is 17.4 Å². The smallest absolute Gasteiger partial charge is 0.293 e. The van der Waals surface area contributed by atoms with Crippen LogP contribution in [0.1, 0.15) is 57.9 Å². The van der Waals surface area contributed by atoms with E-state index >= 15 is 0 Å². The van der Waals surface area contributed by atoms with Crippen LogP contribution in [-0.2, 0) is 4.79 Å². The lowest BCUT2D eigenvalue weighted by molar-refractivity contribution is -0.123. The number of imide groups is 1. The molecule has 0 aromatic heterocycles. The highest BCUT2D eigenvalue weighted by molar-refractivity contribution is 9.10. The Morgan fingerprint density at radius 2 is 2.04 bits per heavy atom. The van der Waals surface area contributed by atoms with Gasteiger partial charge >= 0.3 is 0 Å². The molecule has 1 saturated heterocycles. The van der Waals surface area contributed by atoms with E-state index in [9.17, 15) is 9.59 Å². The van der Waals surface area contributed by atoms with Gasteiger partial charge in [-0.2, -0.15) is 0 Å². The van der Waals surface area contributed by atoms with Crippen molar-refractivity contribution in [1.82, 2.24) is 4.90 Å². The van der Waals surface area contributed by atoms with Crippen molar-refractivity contribution in [1.29, 1.82) is 0 Å². The molecular formula is C21H26BrNO3S. The summed E-state index contributed by atoms with van der Waals surface area (Å²) in [6, 6.07) is 5.73. The zero-order valence-corrected chi connectivity index (χ0v) is 18.3. The van der Waals surface area contributed by atoms with Crippen molar-refractivity contribution >= 4 is 44.9 Å². The first kappa shape index (κ1) is 20.5. The van der Waals surface area contributed by atoms with E-state index in [2.05, 4.69) is 22.9 Å². The van der Waals surface area contributed by atoms with Crippen molar-refractivity contribution in [3.05, 3.63) is 33.1 Å². The SMILES string of the molecule is CC[C@H](C)Oc1ccc(/C=C2/SC(=O)N(CC3CCCCC3)C2=O)cc1Br. The van der Waals surface area contributed by atoms with Gasteiger partial charge in [0, 0.05) is 6.54 Å². The molecule has 146 valence electrons. The van der Waals surface area contributed by atoms with Crippen molar-refractivity contribution in [2.75, 3.05) is 6.54 Å². The molecule has 0 unspecified atom stereocenters. The minimum absolute atomic E-state index is 0.142. The van der Waals surface area contributed by atoms with Crippen LogP contribution in [0.4, 0.5) is 4.79 Å². The number of carbonyl (C=O) groups excluding carboxylic acids is 2. The normalized spacial score (nSPS) is 21.1. The van der Waals surface area contributed by atoms with Crippen LogP contribution < -0.4 is 4.74 Å². The van der Waals surface area contributed by atoms with Gasteiger partial charge in [-0.25, -0.2) is 0 Å². The molecule has 0 radical (unpaired) electrons. The van der Waals surface area contributed by atoms with Crippen LogP contribution in [0, 0.1) is 5.92 Å². The van der Waals surface area contributed by atoms with Crippen LogP contribution in [-0.4, -0.2) is 28.7 Å². The predicted octanol–water partition coefficient (Wildman–Crippen LogP) is 6.24. The Labute approximate surface area is 173 Å². The lowest BCUT2D eigenvalue weighted by Gasteiger charge is -2.25. The third-order valence-corrected chi connectivity index (χ3v) is 6.72. The third-order valence-electron chi connectivity index (χ3n) is 5.20. The van der Waals surface area contributed by atoms with Gasteiger partial charge in [-0.15, -0.1) is 0 Å². The molecule has 4 nitrogen and oxygen atoms in total. The standard InChI is InChI=1S/C21H26BrNO3S/c1-3-14(2)26-18-10-9-16(11-17(18)22)12-19-20(24)23(21(25)27-19)13-15-7-5-4-6-8-15/h9-12,14-15H,3-8,13H2,1-2H3/b19-12+/t14-/m0/s1. The van der Waals surface area contributed by atoms with E-state index in [4.69, 9.17) is 4.74 Å². The summed E-state index contributed by atoms with van der Waals surface area (Å²) < 4.78 is 6.70. The van der Waals surface area contributed by atoms with Crippen LogP contribution in [0.25, 0.3) is 6.08 Å². The Morgan fingerprint density at radius 3 is 2.70 bits per heavy atom. The summed E-state index contributed by atoms with van der Waals surface area (Å²) >= 11 is 4.58. The van der Waals surface area contributed by atoms with Crippen LogP contribution >= 0.6 is 27.7 Å². The number of amides is 2. The van der Waals surface area contributed by atoms with Gasteiger partial charge in [0.05, 0.1) is 15.5 Å². The lowest BCUT2D eigenvalue weighted by Crippen LogP contribution is -2.34. The van der Waals surface area contributed by atoms with Gasteiger partial charge in [0.1, 0.15) is 5.75 Å². The summed E-state index contributed by atoms with van der Waals surface area (Å²) in [6.45, 7) is 4.67. The molecule has 0 N–H and O–H groups in total. The summed E-state index contributed by atoms with van der Waals surface area (Å²) in [4.78, 5) is 27.0. The lowest BCUT2D eigenvalue weighted by atomic mass is 9.89. The second-order valence-electron chi connectivity index (χ2n) is 7.32. The van der Waals surface area contributed by atoms with Crippen LogP contribution in [0.2, 0.25) is 0 Å². The molecule has 2 fully saturated rings. The molecule has 1 atom stereocenters. The quantitative estimate of drug-likeness (QED) is 0.479. The first-order chi connectivity index (χ1) is 13.0. The van der Waals surface area contributed by atoms with Crippen molar-refractivity contribution in [2.45, 2.75) is 58.5 Å². The van der Waals surface area contributed by atoms with Crippen molar-refractivity contribution in [2.24, 2.45) is 5.92 Å². The van der Waals surface area contributed by atoms with Gasteiger partial charge in [0.15, 0.2) is 0 Å². The van der Waals surface area contributed by atoms with Gasteiger partial charge in [-0.1, -0.05) is 32.3 Å². The number of thioether (sulfide) groups is 1. The zero-order chi connectivity index (χ0) is 19.4. The molecule has 1 saturated carbocycles. The van der Waals surface area contributed by atoms with Gasteiger partial charge < -0.3 is 4.74 Å². The number of rotatable bonds is 6. The van der Waals surface area contributed by atoms with Crippen LogP contribution in [0.5, 0.6) is 5.75 Å². The molecule has 6 heteroatoms. The maximum atomic E-state index is 12.7. The molecule has 0 spiro atoms. The number of halogens is 1. The van der Waals surface area contributed by atoms with Crippen molar-refractivity contribution in [3.8, 4) is 5.75 Å². The molecule has 3 rings (SSSR count). The molecule has 1 aromatic carbocycles. The van der Waals surface area contributed by atoms with Gasteiger partial charge in [0.25, 0.3) is 11.1 Å². The van der Waals surface area contributed by atoms with Gasteiger partial charge in [-0.3, -0.25) is 14.5 Å². The second kappa shape index (κ2) is 9.28. The van der Waals surface area contributed by atoms with E-state index in [1.165, 1.54) is 24.2 Å². The highest BCUT2D eigenvalue weighted by Gasteiger charge is 2.36. The number of hydrogen-bond acceptors (Lipinski definition) is 4. The fraction of sp³-hybridized carbons (Fsp3) is 0.524. The van der Waals surface area contributed by atoms with Crippen LogP contribution in [0.15, 0.2) is 27.6 Å². The average molecular weight is 452 g/mol. The molecule has 1 heterocycles. The zero-order valence-electron chi connectivity index (χ0n) is 15.9. The van der Waals surface area contributed by atoms with E-state index in [1.807, 2.05) is 25.1 Å². The third kappa shape index (κ3) is 5.17. The van der Waals surface area contributed by atoms with Gasteiger partial charge in [0.2, 0.25) is 0 Å². The Hall–Kier alpha value is -1.27. The fourth-order valence-electron chi connectivity index (χ4n) is 3.44. The summed E-state index contributed by atoms with van der Waals surface area (Å²) in [6.07, 6.45) is 8.78. The van der Waals surface area contributed by atoms with E-state index < -0.39 is 0 Å². The Balaban J connectivity index is 1.70. The Morgan fingerprint density at radius 1 is 1.30 bits per heavy atom. The molecule has 1 aliphatic heterocycles. The van der Waals surface area contributed by atoms with Crippen molar-refractivity contribution in [3.63, 3.8) is 0 Å². The van der Waals surface area contributed by atoms with Crippen molar-refractivity contribution < 1.29 is 14.3 Å². The second-order valence-corrected chi connectivity index (χ2v) is 9.17. The molecule has 1 aliphatic carbocycles. The number of ether oxygens (including phenoxy) is 1. The van der Waals surface area contributed by atoms with E-state index in [0.717, 1.165) is 46.8 Å². The first-order valence-corrected chi connectivity index (χ1v) is 11.3. The van der Waals surface area contributed by atoms with Crippen LogP contribution in [0.3, 0.4) is 0 Å². The maximum Gasteiger partial charge on any atom is 0.293 e. The molecule has 2 aliphatic rings. The average Bonchev–Trinajstić information content (AvgIpc) is 2.92. The Bertz CT molecular complexity index is 743. The summed E-state index contributed by atoms with van der Waals surface area (Å²) in [7, 11) is 0. The summed E-state index contributed by atoms with van der Waals surface area (Å²) in [5.41, 5.74) is 0.876. The number of nitrogens with zero attached hydrogens (tertiary/aromatic N) is 1. The molecule has 1 aromatic rings. The van der Waals surface area contributed by atoms with Gasteiger partial charge in [-0.05, 0) is 83.6 Å². The summed E-state index contributed by atoms with van der Waals surface area (Å²) in [5.74, 6) is 1.08. The molecule has 27 heavy (non-hydrogen) atoms. The maximum absolute atomic E-state index is 12.7. The summed E-state index contributed by atoms with van der Waals surface area (Å²) in [5, 5.41) is -0.146.